The van der Waals surface area contributed by atoms with Gasteiger partial charge in [0.2, 0.25) is 0 Å². The van der Waals surface area contributed by atoms with Gasteiger partial charge in [0.05, 0.1) is 0 Å². The molecular formula is C17H20FNOS. The van der Waals surface area contributed by atoms with Crippen molar-refractivity contribution >= 4 is 21.4 Å². The zero-order valence-corrected chi connectivity index (χ0v) is 12.9. The number of hydrogen-bond donors (Lipinski definition) is 2. The van der Waals surface area contributed by atoms with Gasteiger partial charge < -0.3 is 10.4 Å². The molecule has 4 atom stereocenters. The molecule has 2 fully saturated rings. The van der Waals surface area contributed by atoms with Gasteiger partial charge in [-0.3, -0.25) is 0 Å². The fourth-order valence-corrected chi connectivity index (χ4v) is 5.89. The second-order valence-electron chi connectivity index (χ2n) is 6.55. The van der Waals surface area contributed by atoms with E-state index in [0.29, 0.717) is 11.8 Å². The summed E-state index contributed by atoms with van der Waals surface area (Å²) in [4.78, 5) is 1.02. The number of halogens is 1. The van der Waals surface area contributed by atoms with Crippen LogP contribution in [0.1, 0.15) is 24.1 Å². The van der Waals surface area contributed by atoms with E-state index < -0.39 is 5.60 Å². The molecule has 0 radical (unpaired) electrons. The average molecular weight is 305 g/mol. The quantitative estimate of drug-likeness (QED) is 0.910. The molecule has 2 saturated carbocycles. The number of benzene rings is 1. The van der Waals surface area contributed by atoms with Crippen LogP contribution in [0.15, 0.2) is 24.3 Å². The molecule has 4 rings (SSSR count). The first-order valence-corrected chi connectivity index (χ1v) is 8.51. The minimum Gasteiger partial charge on any atom is -0.384 e. The summed E-state index contributed by atoms with van der Waals surface area (Å²) in [5.74, 6) is 1.05. The van der Waals surface area contributed by atoms with Gasteiger partial charge in [0.25, 0.3) is 0 Å². The third-order valence-corrected chi connectivity index (χ3v) is 6.77. The Hall–Kier alpha value is -0.970. The van der Waals surface area contributed by atoms with Crippen LogP contribution in [0.4, 0.5) is 4.39 Å². The van der Waals surface area contributed by atoms with E-state index in [1.165, 1.54) is 12.5 Å². The van der Waals surface area contributed by atoms with Crippen molar-refractivity contribution in [1.29, 1.82) is 0 Å². The van der Waals surface area contributed by atoms with Gasteiger partial charge in [0.1, 0.15) is 11.4 Å². The second-order valence-corrected chi connectivity index (χ2v) is 7.64. The molecule has 2 N–H and O–H groups in total. The first kappa shape index (κ1) is 13.7. The van der Waals surface area contributed by atoms with Crippen LogP contribution in [0.3, 0.4) is 0 Å². The maximum Gasteiger partial charge on any atom is 0.124 e. The predicted octanol–water partition coefficient (Wildman–Crippen LogP) is 3.49. The lowest BCUT2D eigenvalue weighted by atomic mass is 9.74. The fourth-order valence-electron chi connectivity index (χ4n) is 4.57. The van der Waals surface area contributed by atoms with E-state index in [9.17, 15) is 9.50 Å². The number of nitrogens with one attached hydrogen (secondary N) is 1. The Morgan fingerprint density at radius 1 is 1.38 bits per heavy atom. The molecule has 4 heteroatoms. The number of fused-ring (bicyclic) bond motifs is 3. The van der Waals surface area contributed by atoms with Crippen LogP contribution >= 0.6 is 11.3 Å². The third-order valence-electron chi connectivity index (χ3n) is 5.53. The normalized spacial score (nSPS) is 34.9. The highest BCUT2D eigenvalue weighted by molar-refractivity contribution is 7.19. The van der Waals surface area contributed by atoms with Crippen molar-refractivity contribution in [1.82, 2.24) is 5.32 Å². The van der Waals surface area contributed by atoms with Crippen molar-refractivity contribution in [3.8, 4) is 0 Å². The monoisotopic (exact) mass is 305 g/mol. The minimum atomic E-state index is -0.730. The number of rotatable bonds is 3. The Kier molecular flexibility index (Phi) is 3.10. The molecule has 0 saturated heterocycles. The van der Waals surface area contributed by atoms with Gasteiger partial charge >= 0.3 is 0 Å². The molecule has 0 aliphatic heterocycles. The lowest BCUT2D eigenvalue weighted by molar-refractivity contribution is -0.0620. The van der Waals surface area contributed by atoms with Gasteiger partial charge in [-0.1, -0.05) is 6.07 Å². The number of aliphatic hydroxyl groups is 1. The van der Waals surface area contributed by atoms with Gasteiger partial charge in [-0.15, -0.1) is 11.3 Å². The number of thiophene rings is 1. The van der Waals surface area contributed by atoms with Crippen molar-refractivity contribution in [2.24, 2.45) is 17.8 Å². The fraction of sp³-hybridized carbons (Fsp3) is 0.529. The summed E-state index contributed by atoms with van der Waals surface area (Å²) in [6.45, 7) is 0.847. The summed E-state index contributed by atoms with van der Waals surface area (Å²) >= 11 is 1.56. The van der Waals surface area contributed by atoms with E-state index in [-0.39, 0.29) is 11.7 Å². The second kappa shape index (κ2) is 4.77. The van der Waals surface area contributed by atoms with Crippen molar-refractivity contribution in [3.05, 3.63) is 35.0 Å². The molecule has 2 nitrogen and oxygen atoms in total. The molecule has 2 aliphatic rings. The summed E-state index contributed by atoms with van der Waals surface area (Å²) < 4.78 is 14.3. The van der Waals surface area contributed by atoms with E-state index >= 15 is 0 Å². The molecule has 1 aromatic heterocycles. The van der Waals surface area contributed by atoms with Gasteiger partial charge in [-0.25, -0.2) is 4.39 Å². The van der Waals surface area contributed by atoms with Gasteiger partial charge in [0.15, 0.2) is 0 Å². The lowest BCUT2D eigenvalue weighted by Gasteiger charge is -2.39. The van der Waals surface area contributed by atoms with Crippen LogP contribution in [-0.2, 0) is 5.60 Å². The van der Waals surface area contributed by atoms with E-state index in [0.717, 1.165) is 34.3 Å². The van der Waals surface area contributed by atoms with Crippen LogP contribution in [-0.4, -0.2) is 18.7 Å². The van der Waals surface area contributed by atoms with Crippen LogP contribution in [0.25, 0.3) is 10.1 Å². The van der Waals surface area contributed by atoms with Crippen LogP contribution in [0, 0.1) is 23.6 Å². The molecule has 2 aliphatic carbocycles. The van der Waals surface area contributed by atoms with Crippen molar-refractivity contribution in [2.45, 2.75) is 24.9 Å². The molecular weight excluding hydrogens is 285 g/mol. The Labute approximate surface area is 128 Å². The molecule has 4 unspecified atom stereocenters. The zero-order chi connectivity index (χ0) is 14.6. The first-order chi connectivity index (χ1) is 10.1. The zero-order valence-electron chi connectivity index (χ0n) is 12.1. The summed E-state index contributed by atoms with van der Waals surface area (Å²) in [6.07, 6.45) is 3.48. The Bertz CT molecular complexity index is 684. The largest absolute Gasteiger partial charge is 0.384 e. The maximum absolute atomic E-state index is 13.4. The van der Waals surface area contributed by atoms with Gasteiger partial charge in [-0.2, -0.15) is 0 Å². The molecule has 0 spiro atoms. The Morgan fingerprint density at radius 3 is 3.05 bits per heavy atom. The van der Waals surface area contributed by atoms with Crippen molar-refractivity contribution < 1.29 is 9.50 Å². The minimum absolute atomic E-state index is 0.206. The highest BCUT2D eigenvalue weighted by Gasteiger charge is 2.58. The Morgan fingerprint density at radius 2 is 2.24 bits per heavy atom. The standard InChI is InChI=1S/C17H20FNOS/c1-19-9-14-10-2-4-12(6-10)17(14,20)16-7-11-3-5-13(18)8-15(11)21-16/h3,5,7-8,10,12,14,19-20H,2,4,6,9H2,1H3. The lowest BCUT2D eigenvalue weighted by Crippen LogP contribution is -2.44. The molecule has 2 aromatic rings. The molecule has 112 valence electrons. The summed E-state index contributed by atoms with van der Waals surface area (Å²) in [6, 6.07) is 6.96. The smallest absolute Gasteiger partial charge is 0.124 e. The van der Waals surface area contributed by atoms with E-state index in [1.807, 2.05) is 13.1 Å². The molecule has 21 heavy (non-hydrogen) atoms. The van der Waals surface area contributed by atoms with E-state index in [1.54, 1.807) is 17.4 Å². The summed E-state index contributed by atoms with van der Waals surface area (Å²) in [5.41, 5.74) is -0.730. The van der Waals surface area contributed by atoms with E-state index in [2.05, 4.69) is 11.4 Å². The molecule has 1 aromatic carbocycles. The summed E-state index contributed by atoms with van der Waals surface area (Å²) in [5, 5.41) is 15.8. The Balaban J connectivity index is 1.81. The molecule has 1 heterocycles. The topological polar surface area (TPSA) is 32.3 Å². The maximum atomic E-state index is 13.4. The third kappa shape index (κ3) is 1.89. The van der Waals surface area contributed by atoms with Crippen LogP contribution in [0.5, 0.6) is 0 Å². The number of hydrogen-bond acceptors (Lipinski definition) is 3. The SMILES string of the molecule is CNCC1C2CCC(C2)C1(O)c1cc2ccc(F)cc2s1. The van der Waals surface area contributed by atoms with Gasteiger partial charge in [-0.05, 0) is 61.7 Å². The summed E-state index contributed by atoms with van der Waals surface area (Å²) in [7, 11) is 1.95. The van der Waals surface area contributed by atoms with Crippen LogP contribution < -0.4 is 5.32 Å². The van der Waals surface area contributed by atoms with Crippen LogP contribution in [0.2, 0.25) is 0 Å². The van der Waals surface area contributed by atoms with E-state index in [4.69, 9.17) is 0 Å². The van der Waals surface area contributed by atoms with Gasteiger partial charge in [0, 0.05) is 22.0 Å². The highest BCUT2D eigenvalue weighted by atomic mass is 32.1. The molecule has 0 amide bonds. The predicted molar refractivity (Wildman–Crippen MR) is 83.9 cm³/mol. The molecule has 2 bridgehead atoms. The van der Waals surface area contributed by atoms with Crippen molar-refractivity contribution in [2.75, 3.05) is 13.6 Å². The first-order valence-electron chi connectivity index (χ1n) is 7.69. The highest BCUT2D eigenvalue weighted by Crippen LogP contribution is 2.60. The average Bonchev–Trinajstić information content (AvgIpc) is 3.14. The van der Waals surface area contributed by atoms with Crippen molar-refractivity contribution in [3.63, 3.8) is 0 Å².